The standard InChI is InChI=1S/C23H25BrN4O2/c1-15(2)28-23(30)20-9-4-3-8-19(20)21(26-28)22(29)25-13-16-10-11-27(14-16)18-7-5-6-17(24)12-18/h3-9,12,15-16H,10-11,13-14H2,1-2H3,(H,25,29). The Kier molecular flexibility index (Phi) is 5.90. The number of hydrogen-bond donors (Lipinski definition) is 1. The summed E-state index contributed by atoms with van der Waals surface area (Å²) in [5, 5.41) is 8.56. The number of carbonyl (C=O) groups excluding carboxylic acids is 1. The molecule has 30 heavy (non-hydrogen) atoms. The zero-order valence-electron chi connectivity index (χ0n) is 17.1. The van der Waals surface area contributed by atoms with Crippen LogP contribution in [0.2, 0.25) is 0 Å². The topological polar surface area (TPSA) is 67.2 Å². The van der Waals surface area contributed by atoms with Crippen LogP contribution < -0.4 is 15.8 Å². The number of nitrogens with one attached hydrogen (secondary N) is 1. The van der Waals surface area contributed by atoms with Crippen molar-refractivity contribution in [2.24, 2.45) is 5.92 Å². The third-order valence-electron chi connectivity index (χ3n) is 5.54. The van der Waals surface area contributed by atoms with E-state index >= 15 is 0 Å². The average Bonchev–Trinajstić information content (AvgIpc) is 3.21. The van der Waals surface area contributed by atoms with E-state index in [1.165, 1.54) is 10.4 Å². The second-order valence-electron chi connectivity index (χ2n) is 8.03. The van der Waals surface area contributed by atoms with Gasteiger partial charge in [-0.25, -0.2) is 4.68 Å². The summed E-state index contributed by atoms with van der Waals surface area (Å²) in [6, 6.07) is 15.3. The van der Waals surface area contributed by atoms with E-state index in [1.807, 2.05) is 38.1 Å². The van der Waals surface area contributed by atoms with Gasteiger partial charge in [0.25, 0.3) is 11.5 Å². The van der Waals surface area contributed by atoms with Crippen LogP contribution >= 0.6 is 15.9 Å². The number of hydrogen-bond acceptors (Lipinski definition) is 4. The van der Waals surface area contributed by atoms with E-state index in [1.54, 1.807) is 12.1 Å². The van der Waals surface area contributed by atoms with Gasteiger partial charge in [-0.1, -0.05) is 40.2 Å². The van der Waals surface area contributed by atoms with Crippen LogP contribution in [0, 0.1) is 5.92 Å². The zero-order valence-corrected chi connectivity index (χ0v) is 18.7. The number of anilines is 1. The number of amides is 1. The van der Waals surface area contributed by atoms with Gasteiger partial charge >= 0.3 is 0 Å². The molecule has 1 aromatic heterocycles. The van der Waals surface area contributed by atoms with Crippen LogP contribution in [-0.4, -0.2) is 35.3 Å². The minimum Gasteiger partial charge on any atom is -0.371 e. The Bertz CT molecular complexity index is 1140. The second-order valence-corrected chi connectivity index (χ2v) is 8.94. The molecule has 1 aliphatic rings. The van der Waals surface area contributed by atoms with Crippen molar-refractivity contribution in [2.75, 3.05) is 24.5 Å². The van der Waals surface area contributed by atoms with Crippen molar-refractivity contribution < 1.29 is 4.79 Å². The monoisotopic (exact) mass is 468 g/mol. The molecule has 1 fully saturated rings. The van der Waals surface area contributed by atoms with Crippen molar-refractivity contribution in [2.45, 2.75) is 26.3 Å². The van der Waals surface area contributed by atoms with Crippen molar-refractivity contribution in [3.05, 3.63) is 69.1 Å². The summed E-state index contributed by atoms with van der Waals surface area (Å²) < 4.78 is 2.46. The quantitative estimate of drug-likeness (QED) is 0.614. The number of nitrogens with zero attached hydrogens (tertiary/aromatic N) is 3. The summed E-state index contributed by atoms with van der Waals surface area (Å²) in [5.74, 6) is 0.136. The van der Waals surface area contributed by atoms with Gasteiger partial charge in [-0.2, -0.15) is 5.10 Å². The number of carbonyl (C=O) groups is 1. The van der Waals surface area contributed by atoms with Gasteiger partial charge in [-0.05, 0) is 50.5 Å². The Balaban J connectivity index is 1.49. The Morgan fingerprint density at radius 1 is 1.20 bits per heavy atom. The first-order valence-corrected chi connectivity index (χ1v) is 11.0. The van der Waals surface area contributed by atoms with Gasteiger partial charge in [0.15, 0.2) is 5.69 Å². The molecule has 156 valence electrons. The van der Waals surface area contributed by atoms with Gasteiger partial charge in [0.05, 0.1) is 11.4 Å². The van der Waals surface area contributed by atoms with Gasteiger partial charge < -0.3 is 10.2 Å². The molecule has 4 rings (SSSR count). The van der Waals surface area contributed by atoms with Crippen LogP contribution in [0.5, 0.6) is 0 Å². The molecule has 1 N–H and O–H groups in total. The molecule has 1 amide bonds. The van der Waals surface area contributed by atoms with E-state index in [-0.39, 0.29) is 17.5 Å². The molecule has 0 saturated carbocycles. The van der Waals surface area contributed by atoms with Gasteiger partial charge in [0, 0.05) is 35.2 Å². The lowest BCUT2D eigenvalue weighted by atomic mass is 10.1. The maximum Gasteiger partial charge on any atom is 0.274 e. The molecule has 1 saturated heterocycles. The van der Waals surface area contributed by atoms with E-state index in [2.05, 4.69) is 43.4 Å². The molecule has 0 aliphatic carbocycles. The van der Waals surface area contributed by atoms with Crippen LogP contribution in [0.3, 0.4) is 0 Å². The number of rotatable bonds is 5. The third kappa shape index (κ3) is 4.12. The first-order chi connectivity index (χ1) is 14.4. The highest BCUT2D eigenvalue weighted by Crippen LogP contribution is 2.26. The van der Waals surface area contributed by atoms with E-state index in [4.69, 9.17) is 0 Å². The smallest absolute Gasteiger partial charge is 0.274 e. The van der Waals surface area contributed by atoms with E-state index < -0.39 is 0 Å². The van der Waals surface area contributed by atoms with Crippen LogP contribution in [0.1, 0.15) is 36.8 Å². The minimum atomic E-state index is -0.235. The molecular weight excluding hydrogens is 444 g/mol. The van der Waals surface area contributed by atoms with Crippen molar-refractivity contribution >= 4 is 38.3 Å². The summed E-state index contributed by atoms with van der Waals surface area (Å²) in [5.41, 5.74) is 1.33. The maximum absolute atomic E-state index is 13.0. The number of aromatic nitrogens is 2. The maximum atomic E-state index is 13.0. The predicted octanol–water partition coefficient (Wildman–Crippen LogP) is 4.00. The molecule has 6 nitrogen and oxygen atoms in total. The van der Waals surface area contributed by atoms with Gasteiger partial charge in [-0.3, -0.25) is 9.59 Å². The number of fused-ring (bicyclic) bond motifs is 1. The SMILES string of the molecule is CC(C)n1nc(C(=O)NCC2CCN(c3cccc(Br)c3)C2)c2ccccc2c1=O. The first kappa shape index (κ1) is 20.6. The van der Waals surface area contributed by atoms with Crippen molar-refractivity contribution in [3.63, 3.8) is 0 Å². The minimum absolute atomic E-state index is 0.123. The molecule has 7 heteroatoms. The van der Waals surface area contributed by atoms with Gasteiger partial charge in [0.2, 0.25) is 0 Å². The average molecular weight is 469 g/mol. The molecule has 0 radical (unpaired) electrons. The first-order valence-electron chi connectivity index (χ1n) is 10.2. The van der Waals surface area contributed by atoms with Crippen LogP contribution in [0.4, 0.5) is 5.69 Å². The summed E-state index contributed by atoms with van der Waals surface area (Å²) in [6.07, 6.45) is 1.02. The van der Waals surface area contributed by atoms with Crippen molar-refractivity contribution in [3.8, 4) is 0 Å². The van der Waals surface area contributed by atoms with Crippen molar-refractivity contribution in [1.82, 2.24) is 15.1 Å². The highest BCUT2D eigenvalue weighted by atomic mass is 79.9. The highest BCUT2D eigenvalue weighted by molar-refractivity contribution is 9.10. The van der Waals surface area contributed by atoms with Crippen molar-refractivity contribution in [1.29, 1.82) is 0 Å². The summed E-state index contributed by atoms with van der Waals surface area (Å²) in [6.45, 7) is 6.23. The predicted molar refractivity (Wildman–Crippen MR) is 123 cm³/mol. The van der Waals surface area contributed by atoms with Crippen LogP contribution in [0.25, 0.3) is 10.8 Å². The normalized spacial score (nSPS) is 16.4. The Labute approximate surface area is 184 Å². The summed E-state index contributed by atoms with van der Waals surface area (Å²) >= 11 is 3.53. The van der Waals surface area contributed by atoms with E-state index in [0.717, 1.165) is 24.0 Å². The Morgan fingerprint density at radius 2 is 1.97 bits per heavy atom. The highest BCUT2D eigenvalue weighted by Gasteiger charge is 2.24. The fraction of sp³-hybridized carbons (Fsp3) is 0.348. The number of halogens is 1. The lowest BCUT2D eigenvalue weighted by molar-refractivity contribution is 0.0942. The van der Waals surface area contributed by atoms with E-state index in [0.29, 0.717) is 28.9 Å². The molecule has 2 heterocycles. The number of benzene rings is 2. The Morgan fingerprint density at radius 3 is 2.70 bits per heavy atom. The fourth-order valence-electron chi connectivity index (χ4n) is 3.95. The molecule has 3 aromatic rings. The van der Waals surface area contributed by atoms with Gasteiger partial charge in [-0.15, -0.1) is 0 Å². The molecule has 0 bridgehead atoms. The molecule has 1 aliphatic heterocycles. The van der Waals surface area contributed by atoms with E-state index in [9.17, 15) is 9.59 Å². The summed E-state index contributed by atoms with van der Waals surface area (Å²) in [7, 11) is 0. The second kappa shape index (κ2) is 8.60. The fourth-order valence-corrected chi connectivity index (χ4v) is 4.34. The van der Waals surface area contributed by atoms with Gasteiger partial charge in [0.1, 0.15) is 0 Å². The molecule has 1 unspecified atom stereocenters. The Hall–Kier alpha value is -2.67. The lowest BCUT2D eigenvalue weighted by Crippen LogP contribution is -2.34. The molecule has 2 aromatic carbocycles. The zero-order chi connectivity index (χ0) is 21.3. The van der Waals surface area contributed by atoms with Crippen LogP contribution in [0.15, 0.2) is 57.8 Å². The summed E-state index contributed by atoms with van der Waals surface area (Å²) in [4.78, 5) is 28.0. The van der Waals surface area contributed by atoms with Crippen LogP contribution in [-0.2, 0) is 0 Å². The third-order valence-corrected chi connectivity index (χ3v) is 6.04. The molecule has 0 spiro atoms. The largest absolute Gasteiger partial charge is 0.371 e. The lowest BCUT2D eigenvalue weighted by Gasteiger charge is -2.19. The molecular formula is C23H25BrN4O2. The molecule has 1 atom stereocenters.